The molecule has 0 aliphatic carbocycles. The van der Waals surface area contributed by atoms with E-state index in [1.165, 1.54) is 9.13 Å². The monoisotopic (exact) mass is 383 g/mol. The Morgan fingerprint density at radius 1 is 1.25 bits per heavy atom. The van der Waals surface area contributed by atoms with E-state index in [4.69, 9.17) is 0 Å². The summed E-state index contributed by atoms with van der Waals surface area (Å²) in [4.78, 5) is 4.60. The summed E-state index contributed by atoms with van der Waals surface area (Å²) in [5, 5.41) is 3.64. The van der Waals surface area contributed by atoms with Gasteiger partial charge in [0.15, 0.2) is 0 Å². The third-order valence-corrected chi connectivity index (χ3v) is 4.27. The highest BCUT2D eigenvalue weighted by molar-refractivity contribution is 14.1. The van der Waals surface area contributed by atoms with Gasteiger partial charge < -0.3 is 9.88 Å². The van der Waals surface area contributed by atoms with E-state index in [1.54, 1.807) is 0 Å². The van der Waals surface area contributed by atoms with E-state index >= 15 is 0 Å². The third-order valence-electron chi connectivity index (χ3n) is 3.29. The van der Waals surface area contributed by atoms with Crippen molar-refractivity contribution in [2.45, 2.75) is 39.3 Å². The molecule has 0 saturated heterocycles. The zero-order valence-electron chi connectivity index (χ0n) is 12.1. The van der Waals surface area contributed by atoms with Crippen LogP contribution in [0.15, 0.2) is 36.7 Å². The maximum Gasteiger partial charge on any atom is 0.130 e. The average Bonchev–Trinajstić information content (AvgIpc) is 2.90. The number of hydrogen-bond acceptors (Lipinski definition) is 2. The van der Waals surface area contributed by atoms with Gasteiger partial charge in [-0.15, -0.1) is 0 Å². The van der Waals surface area contributed by atoms with Crippen LogP contribution in [0.25, 0.3) is 0 Å². The van der Waals surface area contributed by atoms with Gasteiger partial charge in [0.05, 0.1) is 6.04 Å². The fourth-order valence-corrected chi connectivity index (χ4v) is 3.05. The van der Waals surface area contributed by atoms with Gasteiger partial charge in [-0.2, -0.15) is 0 Å². The van der Waals surface area contributed by atoms with Crippen LogP contribution in [0.1, 0.15) is 44.1 Å². The van der Waals surface area contributed by atoms with Gasteiger partial charge in [0.25, 0.3) is 0 Å². The van der Waals surface area contributed by atoms with Gasteiger partial charge in [0, 0.05) is 22.5 Å². The molecule has 1 heterocycles. The molecule has 0 spiro atoms. The maximum absolute atomic E-state index is 4.60. The smallest absolute Gasteiger partial charge is 0.130 e. The van der Waals surface area contributed by atoms with Gasteiger partial charge in [-0.25, -0.2) is 4.98 Å². The van der Waals surface area contributed by atoms with E-state index in [2.05, 4.69) is 81.8 Å². The largest absolute Gasteiger partial charge is 0.333 e. The molecule has 3 nitrogen and oxygen atoms in total. The van der Waals surface area contributed by atoms with Crippen LogP contribution in [0.5, 0.6) is 0 Å². The molecule has 0 amide bonds. The molecule has 1 unspecified atom stereocenters. The first-order chi connectivity index (χ1) is 9.77. The quantitative estimate of drug-likeness (QED) is 0.733. The minimum atomic E-state index is 0.171. The summed E-state index contributed by atoms with van der Waals surface area (Å²) in [5.74, 6) is 1.12. The first kappa shape index (κ1) is 15.5. The molecule has 20 heavy (non-hydrogen) atoms. The van der Waals surface area contributed by atoms with E-state index in [1.807, 2.05) is 6.20 Å². The Bertz CT molecular complexity index is 536. The Balaban J connectivity index is 2.37. The van der Waals surface area contributed by atoms with Crippen molar-refractivity contribution in [2.24, 2.45) is 0 Å². The Morgan fingerprint density at radius 3 is 2.75 bits per heavy atom. The number of benzene rings is 1. The molecule has 0 fully saturated rings. The topological polar surface area (TPSA) is 29.9 Å². The molecule has 2 rings (SSSR count). The van der Waals surface area contributed by atoms with Gasteiger partial charge in [0.1, 0.15) is 5.82 Å². The number of aromatic nitrogens is 2. The summed E-state index contributed by atoms with van der Waals surface area (Å²) in [5.41, 5.74) is 1.31. The van der Waals surface area contributed by atoms with Crippen molar-refractivity contribution in [2.75, 3.05) is 6.54 Å². The summed E-state index contributed by atoms with van der Waals surface area (Å²) in [6, 6.07) is 8.71. The predicted octanol–water partition coefficient (Wildman–Crippen LogP) is 3.99. The van der Waals surface area contributed by atoms with Crippen LogP contribution in [0.2, 0.25) is 0 Å². The van der Waals surface area contributed by atoms with Crippen LogP contribution in [-0.4, -0.2) is 16.1 Å². The van der Waals surface area contributed by atoms with Crippen molar-refractivity contribution >= 4 is 22.6 Å². The predicted molar refractivity (Wildman–Crippen MR) is 91.8 cm³/mol. The fourth-order valence-electron chi connectivity index (χ4n) is 2.35. The zero-order chi connectivity index (χ0) is 14.4. The van der Waals surface area contributed by atoms with E-state index in [0.717, 1.165) is 31.8 Å². The second-order valence-electron chi connectivity index (χ2n) is 4.89. The van der Waals surface area contributed by atoms with E-state index < -0.39 is 0 Å². The molecule has 1 N–H and O–H groups in total. The van der Waals surface area contributed by atoms with Crippen molar-refractivity contribution in [3.05, 3.63) is 51.6 Å². The zero-order valence-corrected chi connectivity index (χ0v) is 14.3. The molecule has 1 atom stereocenters. The lowest BCUT2D eigenvalue weighted by molar-refractivity contribution is 0.529. The van der Waals surface area contributed by atoms with Crippen LogP contribution < -0.4 is 5.32 Å². The lowest BCUT2D eigenvalue weighted by Gasteiger charge is -2.21. The molecule has 0 saturated carbocycles. The number of halogens is 1. The molecule has 2 aromatic rings. The van der Waals surface area contributed by atoms with Crippen LogP contribution in [0.3, 0.4) is 0 Å². The van der Waals surface area contributed by atoms with Crippen molar-refractivity contribution in [1.29, 1.82) is 0 Å². The molecule has 108 valence electrons. The number of rotatable bonds is 7. The van der Waals surface area contributed by atoms with Gasteiger partial charge in [-0.3, -0.25) is 0 Å². The van der Waals surface area contributed by atoms with Crippen molar-refractivity contribution < 1.29 is 0 Å². The summed E-state index contributed by atoms with van der Waals surface area (Å²) >= 11 is 2.41. The summed E-state index contributed by atoms with van der Waals surface area (Å²) in [6.45, 7) is 6.40. The highest BCUT2D eigenvalue weighted by atomic mass is 127. The molecule has 0 aliphatic rings. The third kappa shape index (κ3) is 3.61. The molecule has 0 bridgehead atoms. The normalized spacial score (nSPS) is 12.6. The lowest BCUT2D eigenvalue weighted by Crippen LogP contribution is -2.27. The van der Waals surface area contributed by atoms with Gasteiger partial charge in [0.2, 0.25) is 0 Å². The molecule has 1 aromatic carbocycles. The summed E-state index contributed by atoms with van der Waals surface area (Å²) < 4.78 is 3.54. The fraction of sp³-hybridized carbons (Fsp3) is 0.438. The van der Waals surface area contributed by atoms with E-state index in [9.17, 15) is 0 Å². The Labute approximate surface area is 134 Å². The second kappa shape index (κ2) is 7.78. The number of nitrogens with one attached hydrogen (secondary N) is 1. The average molecular weight is 383 g/mol. The molecular formula is C16H22IN3. The standard InChI is InChI=1S/C16H22IN3/c1-3-9-18-15(13-7-5-6-8-14(13)17)16-19-10-12-20(16)11-4-2/h5-8,10,12,15,18H,3-4,9,11H2,1-2H3. The van der Waals surface area contributed by atoms with Crippen molar-refractivity contribution in [1.82, 2.24) is 14.9 Å². The van der Waals surface area contributed by atoms with E-state index in [-0.39, 0.29) is 6.04 Å². The first-order valence-electron chi connectivity index (χ1n) is 7.26. The lowest BCUT2D eigenvalue weighted by atomic mass is 10.1. The minimum Gasteiger partial charge on any atom is -0.333 e. The van der Waals surface area contributed by atoms with Gasteiger partial charge in [-0.05, 0) is 53.6 Å². The van der Waals surface area contributed by atoms with Crippen LogP contribution in [0.4, 0.5) is 0 Å². The van der Waals surface area contributed by atoms with Crippen LogP contribution in [0, 0.1) is 3.57 Å². The van der Waals surface area contributed by atoms with Crippen molar-refractivity contribution in [3.8, 4) is 0 Å². The van der Waals surface area contributed by atoms with E-state index in [0.29, 0.717) is 0 Å². The van der Waals surface area contributed by atoms with Gasteiger partial charge in [-0.1, -0.05) is 32.0 Å². The highest BCUT2D eigenvalue weighted by Crippen LogP contribution is 2.25. The number of aryl methyl sites for hydroxylation is 1. The molecular weight excluding hydrogens is 361 g/mol. The number of imidazole rings is 1. The molecule has 1 aromatic heterocycles. The summed E-state index contributed by atoms with van der Waals surface area (Å²) in [7, 11) is 0. The molecule has 4 heteroatoms. The molecule has 0 radical (unpaired) electrons. The van der Waals surface area contributed by atoms with Crippen molar-refractivity contribution in [3.63, 3.8) is 0 Å². The Morgan fingerprint density at radius 2 is 2.05 bits per heavy atom. The maximum atomic E-state index is 4.60. The molecule has 0 aliphatic heterocycles. The Kier molecular flexibility index (Phi) is 6.04. The minimum absolute atomic E-state index is 0.171. The second-order valence-corrected chi connectivity index (χ2v) is 6.05. The SMILES string of the molecule is CCCNC(c1ccccc1I)c1nccn1CCC. The highest BCUT2D eigenvalue weighted by Gasteiger charge is 2.20. The summed E-state index contributed by atoms with van der Waals surface area (Å²) in [6.07, 6.45) is 6.22. The first-order valence-corrected chi connectivity index (χ1v) is 8.34. The van der Waals surface area contributed by atoms with Crippen LogP contribution in [-0.2, 0) is 6.54 Å². The van der Waals surface area contributed by atoms with Crippen LogP contribution >= 0.6 is 22.6 Å². The number of nitrogens with zero attached hydrogens (tertiary/aromatic N) is 2. The number of hydrogen-bond donors (Lipinski definition) is 1. The van der Waals surface area contributed by atoms with Gasteiger partial charge >= 0.3 is 0 Å². The Hall–Kier alpha value is -0.880.